The van der Waals surface area contributed by atoms with Crippen molar-refractivity contribution in [2.24, 2.45) is 5.41 Å². The number of benzene rings is 3. The van der Waals surface area contributed by atoms with Crippen molar-refractivity contribution in [1.82, 2.24) is 4.90 Å². The van der Waals surface area contributed by atoms with E-state index >= 15 is 0 Å². The van der Waals surface area contributed by atoms with Crippen molar-refractivity contribution in [3.63, 3.8) is 0 Å². The minimum Gasteiger partial charge on any atom is -0.475 e. The molecule has 1 aliphatic rings. The first-order valence-electron chi connectivity index (χ1n) is 14.4. The van der Waals surface area contributed by atoms with Gasteiger partial charge in [-0.15, -0.1) is 0 Å². The minimum absolute atomic E-state index is 0.0131. The van der Waals surface area contributed by atoms with Gasteiger partial charge >= 0.3 is 5.97 Å². The second-order valence-electron chi connectivity index (χ2n) is 11.3. The van der Waals surface area contributed by atoms with E-state index in [0.717, 1.165) is 49.2 Å². The molecular weight excluding hydrogens is 498 g/mol. The molecule has 5 heteroatoms. The average Bonchev–Trinajstić information content (AvgIpc) is 2.95. The fourth-order valence-electron chi connectivity index (χ4n) is 5.19. The molecule has 0 N–H and O–H groups in total. The van der Waals surface area contributed by atoms with Crippen LogP contribution in [-0.4, -0.2) is 37.0 Å². The molecule has 0 aliphatic heterocycles. The quantitative estimate of drug-likeness (QED) is 0.192. The molecule has 212 valence electrons. The van der Waals surface area contributed by atoms with E-state index in [1.165, 1.54) is 22.3 Å². The van der Waals surface area contributed by atoms with Gasteiger partial charge in [-0.3, -0.25) is 9.69 Å². The van der Waals surface area contributed by atoms with Crippen molar-refractivity contribution in [2.45, 2.75) is 67.0 Å². The molecule has 0 bridgehead atoms. The number of nitrogens with zero attached hydrogens (tertiary/aromatic N) is 1. The molecule has 5 nitrogen and oxygen atoms in total. The molecular formula is C35H43NO4. The van der Waals surface area contributed by atoms with Crippen LogP contribution in [-0.2, 0) is 16.0 Å². The van der Waals surface area contributed by atoms with Gasteiger partial charge in [-0.25, -0.2) is 0 Å². The lowest BCUT2D eigenvalue weighted by Gasteiger charge is -2.27. The van der Waals surface area contributed by atoms with Crippen LogP contribution >= 0.6 is 0 Å². The average molecular weight is 542 g/mol. The molecule has 0 aromatic heterocycles. The van der Waals surface area contributed by atoms with Crippen molar-refractivity contribution < 1.29 is 19.0 Å². The summed E-state index contributed by atoms with van der Waals surface area (Å²) in [5.74, 6) is 1.24. The monoisotopic (exact) mass is 541 g/mol. The van der Waals surface area contributed by atoms with Crippen LogP contribution in [0.15, 0.2) is 72.8 Å². The molecule has 0 saturated carbocycles. The van der Waals surface area contributed by atoms with Gasteiger partial charge in [0, 0.05) is 0 Å². The Balaban J connectivity index is 1.63. The van der Waals surface area contributed by atoms with E-state index in [1.54, 1.807) is 0 Å². The molecule has 0 fully saturated rings. The Morgan fingerprint density at radius 1 is 0.850 bits per heavy atom. The Morgan fingerprint density at radius 3 is 2.05 bits per heavy atom. The number of aryl methyl sites for hydroxylation is 1. The van der Waals surface area contributed by atoms with E-state index in [4.69, 9.17) is 14.2 Å². The molecule has 40 heavy (non-hydrogen) atoms. The zero-order valence-corrected chi connectivity index (χ0v) is 24.8. The van der Waals surface area contributed by atoms with Crippen LogP contribution in [0, 0.1) is 5.41 Å². The van der Waals surface area contributed by atoms with E-state index in [0.29, 0.717) is 5.75 Å². The summed E-state index contributed by atoms with van der Waals surface area (Å²) in [5, 5.41) is 0. The van der Waals surface area contributed by atoms with E-state index in [9.17, 15) is 4.79 Å². The lowest BCUT2D eigenvalue weighted by atomic mass is 9.81. The fraction of sp³-hybridized carbons (Fsp3) is 0.400. The highest BCUT2D eigenvalue weighted by Crippen LogP contribution is 2.40. The number of hydrogen-bond acceptors (Lipinski definition) is 5. The maximum absolute atomic E-state index is 12.1. The van der Waals surface area contributed by atoms with Gasteiger partial charge in [0.2, 0.25) is 6.79 Å². The highest BCUT2D eigenvalue weighted by Gasteiger charge is 2.23. The van der Waals surface area contributed by atoms with E-state index in [1.807, 2.05) is 32.9 Å². The topological polar surface area (TPSA) is 48.0 Å². The molecule has 0 amide bonds. The zero-order valence-electron chi connectivity index (χ0n) is 24.8. The smallest absolute Gasteiger partial charge is 0.314 e. The summed E-state index contributed by atoms with van der Waals surface area (Å²) >= 11 is 0. The number of esters is 1. The van der Waals surface area contributed by atoms with Crippen LogP contribution in [0.3, 0.4) is 0 Å². The van der Waals surface area contributed by atoms with Crippen LogP contribution in [0.1, 0.15) is 76.6 Å². The lowest BCUT2D eigenvalue weighted by Crippen LogP contribution is -2.36. The van der Waals surface area contributed by atoms with Crippen LogP contribution in [0.25, 0.3) is 11.1 Å². The molecule has 0 spiro atoms. The third-order valence-corrected chi connectivity index (χ3v) is 7.46. The Kier molecular flexibility index (Phi) is 9.70. The second kappa shape index (κ2) is 13.2. The normalized spacial score (nSPS) is 15.3. The number of allylic oxidation sites excluding steroid dienone is 1. The lowest BCUT2D eigenvalue weighted by molar-refractivity contribution is -0.159. The van der Waals surface area contributed by atoms with Gasteiger partial charge in [0.25, 0.3) is 0 Å². The number of hydrogen-bond donors (Lipinski definition) is 0. The third-order valence-electron chi connectivity index (χ3n) is 7.46. The summed E-state index contributed by atoms with van der Waals surface area (Å²) in [6, 6.07) is 25.3. The van der Waals surface area contributed by atoms with Crippen LogP contribution in [0.4, 0.5) is 0 Å². The molecule has 0 heterocycles. The molecule has 3 aromatic rings. The SMILES string of the molecule is CCN(CC)C(C)Oc1ccc(C(=C2CCCc3ccccc32)c2ccc(OCOC(=O)C(C)(C)C)cc2)cc1. The molecule has 0 saturated heterocycles. The number of fused-ring (bicyclic) bond motifs is 1. The maximum Gasteiger partial charge on any atom is 0.314 e. The highest BCUT2D eigenvalue weighted by atomic mass is 16.7. The highest BCUT2D eigenvalue weighted by molar-refractivity contribution is 5.99. The van der Waals surface area contributed by atoms with Crippen LogP contribution in [0.5, 0.6) is 11.5 Å². The third kappa shape index (κ3) is 7.14. The maximum atomic E-state index is 12.1. The van der Waals surface area contributed by atoms with Gasteiger partial charge in [0.15, 0.2) is 0 Å². The van der Waals surface area contributed by atoms with Crippen molar-refractivity contribution >= 4 is 17.1 Å². The first kappa shape index (κ1) is 29.4. The summed E-state index contributed by atoms with van der Waals surface area (Å²) in [4.78, 5) is 14.3. The largest absolute Gasteiger partial charge is 0.475 e. The second-order valence-corrected chi connectivity index (χ2v) is 11.3. The van der Waals surface area contributed by atoms with Crippen molar-refractivity contribution in [2.75, 3.05) is 19.9 Å². The molecule has 1 aliphatic carbocycles. The number of carbonyl (C=O) groups excluding carboxylic acids is 1. The Morgan fingerprint density at radius 2 is 1.45 bits per heavy atom. The van der Waals surface area contributed by atoms with E-state index in [2.05, 4.69) is 86.3 Å². The van der Waals surface area contributed by atoms with Gasteiger partial charge in [-0.05, 0) is 118 Å². The minimum atomic E-state index is -0.561. The van der Waals surface area contributed by atoms with Crippen LogP contribution < -0.4 is 9.47 Å². The molecule has 1 atom stereocenters. The number of rotatable bonds is 10. The summed E-state index contributed by atoms with van der Waals surface area (Å²) in [7, 11) is 0. The zero-order chi connectivity index (χ0) is 28.7. The van der Waals surface area contributed by atoms with Gasteiger partial charge < -0.3 is 14.2 Å². The Bertz CT molecular complexity index is 1300. The Hall–Kier alpha value is -3.57. The van der Waals surface area contributed by atoms with Gasteiger partial charge in [0.1, 0.15) is 17.7 Å². The van der Waals surface area contributed by atoms with E-state index < -0.39 is 5.41 Å². The number of ether oxygens (including phenoxy) is 3. The van der Waals surface area contributed by atoms with Crippen LogP contribution in [0.2, 0.25) is 0 Å². The molecule has 4 rings (SSSR count). The summed E-state index contributed by atoms with van der Waals surface area (Å²) in [6.45, 7) is 13.7. The van der Waals surface area contributed by atoms with Gasteiger partial charge in [-0.1, -0.05) is 62.4 Å². The van der Waals surface area contributed by atoms with Gasteiger partial charge in [0.05, 0.1) is 5.41 Å². The fourth-order valence-corrected chi connectivity index (χ4v) is 5.19. The summed E-state index contributed by atoms with van der Waals surface area (Å²) < 4.78 is 17.2. The molecule has 1 unspecified atom stereocenters. The van der Waals surface area contributed by atoms with Gasteiger partial charge in [-0.2, -0.15) is 0 Å². The van der Waals surface area contributed by atoms with Crippen molar-refractivity contribution in [3.05, 3.63) is 95.1 Å². The van der Waals surface area contributed by atoms with E-state index in [-0.39, 0.29) is 19.0 Å². The standard InChI is InChI=1S/C35H43NO4/c1-7-36(8-2)25(3)40-30-22-18-28(19-23-30)33(32-15-11-13-26-12-9-10-14-31(26)32)27-16-20-29(21-17-27)38-24-39-34(37)35(4,5)6/h9-10,12,14,16-23,25H,7-8,11,13,15,24H2,1-6H3. The predicted octanol–water partition coefficient (Wildman–Crippen LogP) is 7.97. The first-order valence-corrected chi connectivity index (χ1v) is 14.4. The predicted molar refractivity (Wildman–Crippen MR) is 162 cm³/mol. The Labute approximate surface area is 239 Å². The summed E-state index contributed by atoms with van der Waals surface area (Å²) in [5.41, 5.74) is 7.02. The molecule has 3 aromatic carbocycles. The molecule has 0 radical (unpaired) electrons. The first-order chi connectivity index (χ1) is 19.2. The summed E-state index contributed by atoms with van der Waals surface area (Å²) in [6.07, 6.45) is 3.26. The van der Waals surface area contributed by atoms with Crippen molar-refractivity contribution in [3.8, 4) is 11.5 Å². The van der Waals surface area contributed by atoms with Crippen molar-refractivity contribution in [1.29, 1.82) is 0 Å². The number of carbonyl (C=O) groups is 1.